The summed E-state index contributed by atoms with van der Waals surface area (Å²) >= 11 is 0. The van der Waals surface area contributed by atoms with Crippen LogP contribution in [0.5, 0.6) is 11.5 Å². The number of likely N-dealkylation sites (N-methyl/N-ethyl adjacent to an activating group) is 1. The molecule has 0 saturated carbocycles. The van der Waals surface area contributed by atoms with Gasteiger partial charge in [0, 0.05) is 74.5 Å². The van der Waals surface area contributed by atoms with E-state index >= 15 is 0 Å². The maximum atomic E-state index is 13.7. The molecule has 3 heterocycles. The van der Waals surface area contributed by atoms with Gasteiger partial charge in [0.05, 0.1) is 18.4 Å². The molecule has 0 bridgehead atoms. The van der Waals surface area contributed by atoms with E-state index in [1.54, 1.807) is 25.3 Å². The van der Waals surface area contributed by atoms with Crippen molar-refractivity contribution in [1.82, 2.24) is 19.7 Å². The smallest absolute Gasteiger partial charge is 0.319 e. The van der Waals surface area contributed by atoms with Crippen LogP contribution in [-0.2, 0) is 6.54 Å². The molecule has 2 aliphatic rings. The number of Topliss-reactive ketones (excluding diaryl/α,β-unsaturated/α-hetero) is 1. The van der Waals surface area contributed by atoms with E-state index in [1.165, 1.54) is 0 Å². The summed E-state index contributed by atoms with van der Waals surface area (Å²) in [7, 11) is 3.82. The normalized spacial score (nSPS) is 16.2. The molecule has 1 fully saturated rings. The molecule has 2 aliphatic heterocycles. The Morgan fingerprint density at radius 3 is 2.57 bits per heavy atom. The van der Waals surface area contributed by atoms with Crippen molar-refractivity contribution in [3.8, 4) is 22.8 Å². The summed E-state index contributed by atoms with van der Waals surface area (Å²) in [6, 6.07) is 21.0. The molecule has 0 atom stereocenters. The third kappa shape index (κ3) is 6.05. The van der Waals surface area contributed by atoms with Gasteiger partial charge in [-0.25, -0.2) is 4.79 Å². The standard InChI is InChI=1S/C34H38N6O4/c1-38-14-16-39(17-15-38)18-19-40-29-10-9-25(43-2)21-26(29)27(32(40)23-6-4-3-5-7-23)22-31-33(41)28-20-24(8-11-30(28)44-31)37-34(42)36-13-12-35/h3-11,20-22H,12-19,35H2,1-2H3,(H2,36,37,42). The van der Waals surface area contributed by atoms with Crippen LogP contribution in [0.4, 0.5) is 10.5 Å². The van der Waals surface area contributed by atoms with Crippen molar-refractivity contribution in [2.75, 3.05) is 65.3 Å². The molecule has 0 spiro atoms. The summed E-state index contributed by atoms with van der Waals surface area (Å²) in [5, 5.41) is 6.39. The molecule has 6 rings (SSSR count). The lowest BCUT2D eigenvalue weighted by molar-refractivity contribution is 0.101. The third-order valence-corrected chi connectivity index (χ3v) is 8.22. The van der Waals surface area contributed by atoms with Gasteiger partial charge in [-0.2, -0.15) is 0 Å². The number of nitrogens with one attached hydrogen (secondary N) is 2. The molecular formula is C34H38N6O4. The Kier molecular flexibility index (Phi) is 8.65. The highest BCUT2D eigenvalue weighted by molar-refractivity contribution is 6.16. The maximum Gasteiger partial charge on any atom is 0.319 e. The second-order valence-corrected chi connectivity index (χ2v) is 11.1. The topological polar surface area (TPSA) is 114 Å². The first-order valence-electron chi connectivity index (χ1n) is 14.9. The SMILES string of the molecule is COc1ccc2c(c1)c(C=C1Oc3ccc(NC(=O)NCCN)cc3C1=O)c(-c1ccccc1)n2CCN1CCN(C)CC1. The van der Waals surface area contributed by atoms with Crippen molar-refractivity contribution in [2.24, 2.45) is 5.73 Å². The highest BCUT2D eigenvalue weighted by Crippen LogP contribution is 2.40. The van der Waals surface area contributed by atoms with Gasteiger partial charge in [-0.05, 0) is 55.1 Å². The Labute approximate surface area is 257 Å². The number of hydrogen-bond acceptors (Lipinski definition) is 7. The van der Waals surface area contributed by atoms with E-state index < -0.39 is 0 Å². The number of rotatable bonds is 9. The minimum Gasteiger partial charge on any atom is -0.497 e. The highest BCUT2D eigenvalue weighted by Gasteiger charge is 2.30. The van der Waals surface area contributed by atoms with Gasteiger partial charge < -0.3 is 35.3 Å². The van der Waals surface area contributed by atoms with E-state index in [-0.39, 0.29) is 17.6 Å². The lowest BCUT2D eigenvalue weighted by Gasteiger charge is -2.32. The molecule has 2 amide bonds. The van der Waals surface area contributed by atoms with Gasteiger partial charge in [-0.15, -0.1) is 0 Å². The van der Waals surface area contributed by atoms with Crippen molar-refractivity contribution in [3.05, 3.63) is 83.6 Å². The number of nitrogens with two attached hydrogens (primary N) is 1. The average Bonchev–Trinajstić information content (AvgIpc) is 3.52. The van der Waals surface area contributed by atoms with Crippen molar-refractivity contribution in [2.45, 2.75) is 6.54 Å². The molecule has 228 valence electrons. The molecule has 0 radical (unpaired) electrons. The van der Waals surface area contributed by atoms with Gasteiger partial charge in [-0.1, -0.05) is 30.3 Å². The Morgan fingerprint density at radius 2 is 1.82 bits per heavy atom. The van der Waals surface area contributed by atoms with Gasteiger partial charge >= 0.3 is 6.03 Å². The molecule has 10 nitrogen and oxygen atoms in total. The molecule has 3 aromatic carbocycles. The Hall–Kier alpha value is -4.64. The summed E-state index contributed by atoms with van der Waals surface area (Å²) in [6.45, 7) is 6.57. The molecule has 44 heavy (non-hydrogen) atoms. The molecule has 4 N–H and O–H groups in total. The Balaban J connectivity index is 1.40. The van der Waals surface area contributed by atoms with Crippen LogP contribution in [0.15, 0.2) is 72.5 Å². The van der Waals surface area contributed by atoms with Crippen molar-refractivity contribution in [3.63, 3.8) is 0 Å². The quantitative estimate of drug-likeness (QED) is 0.248. The van der Waals surface area contributed by atoms with Crippen molar-refractivity contribution < 1.29 is 19.1 Å². The first kappa shape index (κ1) is 29.4. The maximum absolute atomic E-state index is 13.7. The van der Waals surface area contributed by atoms with Crippen LogP contribution in [0.25, 0.3) is 28.2 Å². The van der Waals surface area contributed by atoms with Gasteiger partial charge in [0.2, 0.25) is 5.78 Å². The highest BCUT2D eigenvalue weighted by atomic mass is 16.5. The van der Waals surface area contributed by atoms with Crippen LogP contribution in [0.2, 0.25) is 0 Å². The zero-order chi connectivity index (χ0) is 30.6. The summed E-state index contributed by atoms with van der Waals surface area (Å²) in [5.74, 6) is 1.17. The molecule has 10 heteroatoms. The molecule has 1 aromatic heterocycles. The number of urea groups is 1. The van der Waals surface area contributed by atoms with Gasteiger partial charge in [-0.3, -0.25) is 9.69 Å². The first-order valence-corrected chi connectivity index (χ1v) is 14.9. The number of methoxy groups -OCH3 is 1. The Bertz CT molecular complexity index is 1710. The minimum atomic E-state index is -0.386. The number of aromatic nitrogens is 1. The van der Waals surface area contributed by atoms with E-state index in [1.807, 2.05) is 36.4 Å². The number of ketones is 1. The number of anilines is 1. The zero-order valence-corrected chi connectivity index (χ0v) is 25.1. The number of amides is 2. The van der Waals surface area contributed by atoms with E-state index in [9.17, 15) is 9.59 Å². The molecule has 4 aromatic rings. The zero-order valence-electron chi connectivity index (χ0n) is 25.1. The average molecular weight is 595 g/mol. The second kappa shape index (κ2) is 12.9. The fourth-order valence-corrected chi connectivity index (χ4v) is 5.84. The van der Waals surface area contributed by atoms with Gasteiger partial charge in [0.25, 0.3) is 0 Å². The number of carbonyl (C=O) groups excluding carboxylic acids is 2. The molecular weight excluding hydrogens is 556 g/mol. The predicted molar refractivity (Wildman–Crippen MR) is 173 cm³/mol. The lowest BCUT2D eigenvalue weighted by atomic mass is 10.0. The monoisotopic (exact) mass is 594 g/mol. The van der Waals surface area contributed by atoms with Crippen LogP contribution < -0.4 is 25.8 Å². The largest absolute Gasteiger partial charge is 0.497 e. The number of carbonyl (C=O) groups is 2. The number of nitrogens with zero attached hydrogens (tertiary/aromatic N) is 3. The fourth-order valence-electron chi connectivity index (χ4n) is 5.84. The van der Waals surface area contributed by atoms with Gasteiger partial charge in [0.15, 0.2) is 5.76 Å². The molecule has 0 unspecified atom stereocenters. The predicted octanol–water partition coefficient (Wildman–Crippen LogP) is 4.26. The first-order chi connectivity index (χ1) is 21.4. The molecule has 0 aliphatic carbocycles. The number of hydrogen-bond donors (Lipinski definition) is 3. The van der Waals surface area contributed by atoms with E-state index in [0.717, 1.165) is 72.7 Å². The van der Waals surface area contributed by atoms with Crippen molar-refractivity contribution in [1.29, 1.82) is 0 Å². The van der Waals surface area contributed by atoms with Crippen LogP contribution in [0.1, 0.15) is 15.9 Å². The third-order valence-electron chi connectivity index (χ3n) is 8.22. The number of ether oxygens (including phenoxy) is 2. The van der Waals surface area contributed by atoms with Crippen LogP contribution in [0.3, 0.4) is 0 Å². The summed E-state index contributed by atoms with van der Waals surface area (Å²) in [5.41, 5.74) is 10.4. The lowest BCUT2D eigenvalue weighted by Crippen LogP contribution is -2.45. The van der Waals surface area contributed by atoms with Crippen LogP contribution in [0, 0.1) is 0 Å². The van der Waals surface area contributed by atoms with E-state index in [4.69, 9.17) is 15.2 Å². The minimum absolute atomic E-state index is 0.225. The number of fused-ring (bicyclic) bond motifs is 2. The second-order valence-electron chi connectivity index (χ2n) is 11.1. The number of allylic oxidation sites excluding steroid dienone is 1. The fraction of sp³-hybridized carbons (Fsp3) is 0.294. The molecule has 1 saturated heterocycles. The van der Waals surface area contributed by atoms with E-state index in [2.05, 4.69) is 50.2 Å². The summed E-state index contributed by atoms with van der Waals surface area (Å²) in [4.78, 5) is 30.7. The van der Waals surface area contributed by atoms with Crippen molar-refractivity contribution >= 4 is 34.5 Å². The Morgan fingerprint density at radius 1 is 1.02 bits per heavy atom. The number of piperazine rings is 1. The van der Waals surface area contributed by atoms with Crippen LogP contribution >= 0.6 is 0 Å². The van der Waals surface area contributed by atoms with Gasteiger partial charge in [0.1, 0.15) is 11.5 Å². The summed E-state index contributed by atoms with van der Waals surface area (Å²) < 4.78 is 14.1. The summed E-state index contributed by atoms with van der Waals surface area (Å²) in [6.07, 6.45) is 1.85. The number of benzene rings is 3. The van der Waals surface area contributed by atoms with Crippen LogP contribution in [-0.4, -0.2) is 86.2 Å². The van der Waals surface area contributed by atoms with E-state index in [0.29, 0.717) is 30.1 Å².